The lowest BCUT2D eigenvalue weighted by atomic mass is 10.2. The topological polar surface area (TPSA) is 17.0 Å². The highest BCUT2D eigenvalue weighted by molar-refractivity contribution is 5.26. The molecule has 2 nitrogen and oxygen atoms in total. The van der Waals surface area contributed by atoms with Crippen molar-refractivity contribution in [3.63, 3.8) is 0 Å². The molecule has 0 amide bonds. The maximum absolute atomic E-state index is 3.75. The summed E-state index contributed by atoms with van der Waals surface area (Å²) >= 11 is 0. The average molecular weight is 192 g/mol. The Morgan fingerprint density at radius 3 is 2.64 bits per heavy atom. The number of rotatable bonds is 4. The summed E-state index contributed by atoms with van der Waals surface area (Å²) in [6.07, 6.45) is 1.92. The largest absolute Gasteiger partial charge is 0.352 e. The van der Waals surface area contributed by atoms with Crippen molar-refractivity contribution in [3.8, 4) is 0 Å². The van der Waals surface area contributed by atoms with E-state index in [1.165, 1.54) is 17.0 Å². The van der Waals surface area contributed by atoms with E-state index >= 15 is 0 Å². The van der Waals surface area contributed by atoms with Gasteiger partial charge >= 0.3 is 0 Å². The molecule has 14 heavy (non-hydrogen) atoms. The van der Waals surface area contributed by atoms with Crippen molar-refractivity contribution < 1.29 is 0 Å². The summed E-state index contributed by atoms with van der Waals surface area (Å²) in [4.78, 5) is 0. The van der Waals surface area contributed by atoms with Gasteiger partial charge in [-0.1, -0.05) is 6.08 Å². The molecule has 0 spiro atoms. The van der Waals surface area contributed by atoms with Gasteiger partial charge in [-0.05, 0) is 32.4 Å². The zero-order valence-corrected chi connectivity index (χ0v) is 9.59. The maximum Gasteiger partial charge on any atom is 0.0228 e. The monoisotopic (exact) mass is 192 g/mol. The first-order valence-corrected chi connectivity index (χ1v) is 5.04. The van der Waals surface area contributed by atoms with E-state index in [1.54, 1.807) is 0 Å². The predicted octanol–water partition coefficient (Wildman–Crippen LogP) is 2.31. The van der Waals surface area contributed by atoms with Gasteiger partial charge in [0.25, 0.3) is 0 Å². The minimum absolute atomic E-state index is 0.370. The van der Waals surface area contributed by atoms with E-state index in [2.05, 4.69) is 50.3 Å². The van der Waals surface area contributed by atoms with Crippen LogP contribution in [0.15, 0.2) is 18.7 Å². The van der Waals surface area contributed by atoms with Crippen LogP contribution in [-0.2, 0) is 13.6 Å². The van der Waals surface area contributed by atoms with Crippen LogP contribution in [-0.4, -0.2) is 10.6 Å². The van der Waals surface area contributed by atoms with Gasteiger partial charge in [0.05, 0.1) is 0 Å². The molecule has 1 aromatic rings. The van der Waals surface area contributed by atoms with Crippen molar-refractivity contribution in [1.29, 1.82) is 0 Å². The smallest absolute Gasteiger partial charge is 0.0228 e. The first kappa shape index (κ1) is 11.1. The van der Waals surface area contributed by atoms with Crippen molar-refractivity contribution in [2.45, 2.75) is 33.4 Å². The molecule has 0 saturated heterocycles. The Kier molecular flexibility index (Phi) is 3.53. The number of nitrogens with one attached hydrogen (secondary N) is 1. The summed E-state index contributed by atoms with van der Waals surface area (Å²) in [7, 11) is 2.10. The van der Waals surface area contributed by atoms with Crippen molar-refractivity contribution >= 4 is 0 Å². The minimum Gasteiger partial charge on any atom is -0.352 e. The summed E-state index contributed by atoms with van der Waals surface area (Å²) < 4.78 is 2.22. The van der Waals surface area contributed by atoms with E-state index in [0.717, 1.165) is 6.54 Å². The summed E-state index contributed by atoms with van der Waals surface area (Å²) in [5.41, 5.74) is 4.02. The quantitative estimate of drug-likeness (QED) is 0.724. The second kappa shape index (κ2) is 4.47. The molecule has 0 aliphatic heterocycles. The van der Waals surface area contributed by atoms with Crippen molar-refractivity contribution in [1.82, 2.24) is 9.88 Å². The Balaban J connectivity index is 2.68. The number of hydrogen-bond acceptors (Lipinski definition) is 1. The Morgan fingerprint density at radius 1 is 1.57 bits per heavy atom. The Morgan fingerprint density at radius 2 is 2.21 bits per heavy atom. The third-order valence-electron chi connectivity index (χ3n) is 2.85. The number of aryl methyl sites for hydroxylation is 1. The Hall–Kier alpha value is -1.02. The first-order valence-electron chi connectivity index (χ1n) is 5.04. The van der Waals surface area contributed by atoms with Crippen LogP contribution in [0.2, 0.25) is 0 Å². The van der Waals surface area contributed by atoms with Crippen molar-refractivity contribution in [2.75, 3.05) is 0 Å². The lowest BCUT2D eigenvalue weighted by molar-refractivity contribution is 0.631. The van der Waals surface area contributed by atoms with Gasteiger partial charge in [-0.25, -0.2) is 0 Å². The molecule has 2 heteroatoms. The molecule has 78 valence electrons. The molecule has 0 bridgehead atoms. The van der Waals surface area contributed by atoms with Crippen LogP contribution in [0, 0.1) is 13.8 Å². The number of nitrogens with zero attached hydrogens (tertiary/aromatic N) is 1. The Labute approximate surface area is 86.6 Å². The van der Waals surface area contributed by atoms with Gasteiger partial charge in [-0.2, -0.15) is 0 Å². The van der Waals surface area contributed by atoms with Gasteiger partial charge in [0.2, 0.25) is 0 Å². The lowest BCUT2D eigenvalue weighted by Gasteiger charge is -2.08. The third-order valence-corrected chi connectivity index (χ3v) is 2.85. The van der Waals surface area contributed by atoms with E-state index < -0.39 is 0 Å². The van der Waals surface area contributed by atoms with E-state index in [9.17, 15) is 0 Å². The van der Waals surface area contributed by atoms with Crippen LogP contribution in [0.4, 0.5) is 0 Å². The fourth-order valence-electron chi connectivity index (χ4n) is 1.47. The SMILES string of the molecule is C=CC(C)NCc1cc(C)n(C)c1C. The minimum atomic E-state index is 0.370. The molecular weight excluding hydrogens is 172 g/mol. The molecule has 1 N–H and O–H groups in total. The van der Waals surface area contributed by atoms with Gasteiger partial charge in [-0.15, -0.1) is 6.58 Å². The van der Waals surface area contributed by atoms with Crippen molar-refractivity contribution in [2.24, 2.45) is 7.05 Å². The Bertz CT molecular complexity index is 323. The molecule has 0 aliphatic rings. The maximum atomic E-state index is 3.75. The molecule has 1 unspecified atom stereocenters. The van der Waals surface area contributed by atoms with Gasteiger partial charge in [0.15, 0.2) is 0 Å². The summed E-state index contributed by atoms with van der Waals surface area (Å²) in [6.45, 7) is 11.1. The highest BCUT2D eigenvalue weighted by atomic mass is 15.0. The van der Waals surface area contributed by atoms with E-state index in [4.69, 9.17) is 0 Å². The summed E-state index contributed by atoms with van der Waals surface area (Å²) in [6, 6.07) is 2.60. The zero-order chi connectivity index (χ0) is 10.7. The van der Waals surface area contributed by atoms with Crippen LogP contribution in [0.5, 0.6) is 0 Å². The molecule has 0 fully saturated rings. The van der Waals surface area contributed by atoms with Gasteiger partial charge in [0, 0.05) is 31.0 Å². The molecule has 0 saturated carbocycles. The van der Waals surface area contributed by atoms with Crippen LogP contribution >= 0.6 is 0 Å². The first-order chi connectivity index (χ1) is 6.56. The van der Waals surface area contributed by atoms with Crippen LogP contribution in [0.25, 0.3) is 0 Å². The van der Waals surface area contributed by atoms with Gasteiger partial charge in [-0.3, -0.25) is 0 Å². The summed E-state index contributed by atoms with van der Waals surface area (Å²) in [5, 5.41) is 3.40. The van der Waals surface area contributed by atoms with Crippen LogP contribution in [0.1, 0.15) is 23.9 Å². The fourth-order valence-corrected chi connectivity index (χ4v) is 1.47. The van der Waals surface area contributed by atoms with Crippen LogP contribution < -0.4 is 5.32 Å². The van der Waals surface area contributed by atoms with E-state index in [-0.39, 0.29) is 0 Å². The zero-order valence-electron chi connectivity index (χ0n) is 9.59. The third kappa shape index (κ3) is 2.26. The van der Waals surface area contributed by atoms with Gasteiger partial charge < -0.3 is 9.88 Å². The molecule has 1 rings (SSSR count). The number of aromatic nitrogens is 1. The molecule has 0 radical (unpaired) electrons. The molecule has 0 aromatic carbocycles. The number of hydrogen-bond donors (Lipinski definition) is 1. The normalized spacial score (nSPS) is 12.9. The second-order valence-electron chi connectivity index (χ2n) is 3.86. The lowest BCUT2D eigenvalue weighted by Crippen LogP contribution is -2.23. The molecule has 0 aliphatic carbocycles. The van der Waals surface area contributed by atoms with Crippen LogP contribution in [0.3, 0.4) is 0 Å². The van der Waals surface area contributed by atoms with Crippen molar-refractivity contribution in [3.05, 3.63) is 35.7 Å². The second-order valence-corrected chi connectivity index (χ2v) is 3.86. The summed E-state index contributed by atoms with van der Waals surface area (Å²) in [5.74, 6) is 0. The highest BCUT2D eigenvalue weighted by Crippen LogP contribution is 2.12. The molecular formula is C12H20N2. The van der Waals surface area contributed by atoms with Gasteiger partial charge in [0.1, 0.15) is 0 Å². The predicted molar refractivity (Wildman–Crippen MR) is 61.4 cm³/mol. The molecule has 1 aromatic heterocycles. The molecule has 1 heterocycles. The standard InChI is InChI=1S/C12H20N2/c1-6-9(2)13-8-12-7-10(3)14(5)11(12)4/h6-7,9,13H,1,8H2,2-5H3. The van der Waals surface area contributed by atoms with E-state index in [0.29, 0.717) is 6.04 Å². The average Bonchev–Trinajstić information content (AvgIpc) is 2.42. The fraction of sp³-hybridized carbons (Fsp3) is 0.500. The van der Waals surface area contributed by atoms with E-state index in [1.807, 2.05) is 6.08 Å². The highest BCUT2D eigenvalue weighted by Gasteiger charge is 2.05. The molecule has 1 atom stereocenters.